The van der Waals surface area contributed by atoms with Crippen molar-refractivity contribution in [2.45, 2.75) is 50.2 Å². The van der Waals surface area contributed by atoms with E-state index in [1.54, 1.807) is 18.2 Å². The quantitative estimate of drug-likeness (QED) is 0.201. The van der Waals surface area contributed by atoms with Crippen LogP contribution in [0.3, 0.4) is 0 Å². The first-order valence-corrected chi connectivity index (χ1v) is 14.6. The number of rotatable bonds is 7. The summed E-state index contributed by atoms with van der Waals surface area (Å²) < 4.78 is 93.8. The number of carbonyl (C=O) groups is 1. The molecule has 8 nitrogen and oxygen atoms in total. The summed E-state index contributed by atoms with van der Waals surface area (Å²) in [4.78, 5) is 14.9. The molecular weight excluding hydrogens is 603 g/mol. The number of amides is 1. The van der Waals surface area contributed by atoms with E-state index in [0.717, 1.165) is 37.1 Å². The van der Waals surface area contributed by atoms with Gasteiger partial charge in [0.05, 0.1) is 32.0 Å². The van der Waals surface area contributed by atoms with E-state index in [1.165, 1.54) is 18.2 Å². The third kappa shape index (κ3) is 6.60. The van der Waals surface area contributed by atoms with Gasteiger partial charge < -0.3 is 34.3 Å². The Balaban J connectivity index is 1.21. The summed E-state index contributed by atoms with van der Waals surface area (Å²) in [5, 5.41) is 11.7. The van der Waals surface area contributed by atoms with Crippen LogP contribution in [0.2, 0.25) is 0 Å². The fourth-order valence-corrected chi connectivity index (χ4v) is 5.94. The minimum absolute atomic E-state index is 0.0255. The zero-order chi connectivity index (χ0) is 31.7. The summed E-state index contributed by atoms with van der Waals surface area (Å²) in [5.74, 6) is -13.3. The minimum Gasteiger partial charge on any atom is -0.392 e. The van der Waals surface area contributed by atoms with Gasteiger partial charge in [-0.3, -0.25) is 4.79 Å². The molecule has 45 heavy (non-hydrogen) atoms. The molecule has 13 heteroatoms. The zero-order valence-corrected chi connectivity index (χ0v) is 24.0. The monoisotopic (exact) mass is 634 g/mol. The minimum atomic E-state index is -2.35. The first kappa shape index (κ1) is 31.5. The third-order valence-corrected chi connectivity index (χ3v) is 8.36. The second-order valence-electron chi connectivity index (χ2n) is 11.3. The number of anilines is 1. The van der Waals surface area contributed by atoms with Gasteiger partial charge in [-0.1, -0.05) is 36.4 Å². The zero-order valence-electron chi connectivity index (χ0n) is 24.0. The highest BCUT2D eigenvalue weighted by Gasteiger charge is 2.41. The lowest BCUT2D eigenvalue weighted by Gasteiger charge is -2.41. The van der Waals surface area contributed by atoms with Crippen LogP contribution in [0.1, 0.15) is 58.7 Å². The van der Waals surface area contributed by atoms with Crippen molar-refractivity contribution in [1.82, 2.24) is 4.90 Å². The van der Waals surface area contributed by atoms with E-state index in [1.807, 2.05) is 12.1 Å². The number of halogens is 5. The van der Waals surface area contributed by atoms with Gasteiger partial charge in [0.2, 0.25) is 5.82 Å². The maximum Gasteiger partial charge on any atom is 0.261 e. The first-order valence-electron chi connectivity index (χ1n) is 14.6. The van der Waals surface area contributed by atoms with Crippen LogP contribution >= 0.6 is 0 Å². The molecule has 3 saturated heterocycles. The Bertz CT molecular complexity index is 1510. The number of ether oxygens (including phenoxy) is 4. The predicted octanol–water partition coefficient (Wildman–Crippen LogP) is 5.51. The van der Waals surface area contributed by atoms with Crippen molar-refractivity contribution in [3.8, 4) is 0 Å². The molecule has 1 spiro atoms. The summed E-state index contributed by atoms with van der Waals surface area (Å²) in [7, 11) is 0. The van der Waals surface area contributed by atoms with Gasteiger partial charge in [0, 0.05) is 50.1 Å². The van der Waals surface area contributed by atoms with Crippen LogP contribution in [0.5, 0.6) is 0 Å². The summed E-state index contributed by atoms with van der Waals surface area (Å²) in [6.45, 7) is 3.16. The number of likely N-dealkylation sites (tertiary alicyclic amines) is 1. The summed E-state index contributed by atoms with van der Waals surface area (Å²) in [6.07, 6.45) is 0.394. The van der Waals surface area contributed by atoms with Crippen molar-refractivity contribution in [2.24, 2.45) is 0 Å². The lowest BCUT2D eigenvalue weighted by atomic mass is 9.98. The predicted molar refractivity (Wildman–Crippen MR) is 149 cm³/mol. The molecule has 0 aromatic heterocycles. The highest BCUT2D eigenvalue weighted by atomic mass is 19.2. The number of nitrogens with one attached hydrogen (secondary N) is 1. The van der Waals surface area contributed by atoms with E-state index in [2.05, 4.69) is 10.2 Å². The van der Waals surface area contributed by atoms with Crippen LogP contribution in [0, 0.1) is 29.1 Å². The molecule has 0 radical (unpaired) electrons. The second-order valence-corrected chi connectivity index (χ2v) is 11.3. The number of aliphatic hydroxyl groups is 1. The highest BCUT2D eigenvalue weighted by molar-refractivity contribution is 6.04. The Morgan fingerprint density at radius 2 is 1.51 bits per heavy atom. The number of benzene rings is 3. The molecule has 3 aliphatic heterocycles. The molecule has 0 bridgehead atoms. The van der Waals surface area contributed by atoms with Crippen molar-refractivity contribution < 1.29 is 50.8 Å². The van der Waals surface area contributed by atoms with Crippen molar-refractivity contribution in [3.05, 3.63) is 99.9 Å². The molecule has 1 amide bonds. The molecule has 3 aromatic carbocycles. The number of carbonyl (C=O) groups excluding carboxylic acids is 1. The van der Waals surface area contributed by atoms with Crippen molar-refractivity contribution >= 4 is 11.6 Å². The van der Waals surface area contributed by atoms with E-state index in [9.17, 15) is 31.9 Å². The Morgan fingerprint density at radius 3 is 2.16 bits per heavy atom. The highest BCUT2D eigenvalue weighted by Crippen LogP contribution is 2.39. The average molecular weight is 635 g/mol. The number of nitrogens with zero attached hydrogens (tertiary/aromatic N) is 1. The molecule has 0 saturated carbocycles. The topological polar surface area (TPSA) is 89.5 Å². The van der Waals surface area contributed by atoms with E-state index in [-0.39, 0.29) is 18.4 Å². The first-order chi connectivity index (χ1) is 21.7. The van der Waals surface area contributed by atoms with E-state index in [0.29, 0.717) is 31.7 Å². The Kier molecular flexibility index (Phi) is 9.18. The third-order valence-electron chi connectivity index (χ3n) is 8.36. The van der Waals surface area contributed by atoms with Gasteiger partial charge in [0.25, 0.3) is 5.91 Å². The SMILES string of the molecule is O=C(Nc1cccc(C2OC(CN3CCC4(CC3)OCCO4)CC(c3ccc(CO)cc3)O2)c1)c1c(F)c(F)c(F)c(F)c1F. The molecule has 6 rings (SSSR count). The molecule has 3 heterocycles. The average Bonchev–Trinajstić information content (AvgIpc) is 3.52. The van der Waals surface area contributed by atoms with Gasteiger partial charge in [0.15, 0.2) is 35.3 Å². The Labute approximate surface area is 255 Å². The number of hydrogen-bond donors (Lipinski definition) is 2. The number of piperidine rings is 1. The fraction of sp³-hybridized carbons (Fsp3) is 0.406. The van der Waals surface area contributed by atoms with Crippen molar-refractivity contribution in [2.75, 3.05) is 38.2 Å². The van der Waals surface area contributed by atoms with E-state index >= 15 is 0 Å². The standard InChI is InChI=1S/C32H31F5N2O6/c33-25-24(26(34)28(36)29(37)27(25)35)30(41)38-21-3-1-2-20(14-21)31-44-22(15-23(45-31)19-6-4-18(17-40)5-7-19)16-39-10-8-32(9-11-39)42-12-13-43-32/h1-7,14,22-23,31,40H,8-13,15-17H2,(H,38,41). The Hall–Kier alpha value is -3.46. The van der Waals surface area contributed by atoms with E-state index in [4.69, 9.17) is 18.9 Å². The normalized spacial score (nSPS) is 23.4. The smallest absolute Gasteiger partial charge is 0.261 e. The van der Waals surface area contributed by atoms with Gasteiger partial charge in [-0.15, -0.1) is 0 Å². The van der Waals surface area contributed by atoms with Gasteiger partial charge in [-0.2, -0.15) is 0 Å². The molecule has 3 aromatic rings. The maximum atomic E-state index is 14.2. The van der Waals surface area contributed by atoms with Crippen LogP contribution in [0.25, 0.3) is 0 Å². The second kappa shape index (κ2) is 13.1. The molecule has 3 atom stereocenters. The van der Waals surface area contributed by atoms with Crippen LogP contribution in [0.15, 0.2) is 48.5 Å². The number of hydrogen-bond acceptors (Lipinski definition) is 7. The molecule has 3 fully saturated rings. The van der Waals surface area contributed by atoms with Crippen molar-refractivity contribution in [3.63, 3.8) is 0 Å². The summed E-state index contributed by atoms with van der Waals surface area (Å²) >= 11 is 0. The molecular formula is C32H31F5N2O6. The van der Waals surface area contributed by atoms with Gasteiger partial charge in [-0.05, 0) is 23.3 Å². The molecule has 2 N–H and O–H groups in total. The fourth-order valence-electron chi connectivity index (χ4n) is 5.94. The van der Waals surface area contributed by atoms with Gasteiger partial charge in [-0.25, -0.2) is 22.0 Å². The Morgan fingerprint density at radius 1 is 0.867 bits per heavy atom. The van der Waals surface area contributed by atoms with Crippen LogP contribution in [-0.4, -0.2) is 60.7 Å². The summed E-state index contributed by atoms with van der Waals surface area (Å²) in [6, 6.07) is 13.4. The molecule has 3 unspecified atom stereocenters. The van der Waals surface area contributed by atoms with Crippen LogP contribution < -0.4 is 5.32 Å². The lowest BCUT2D eigenvalue weighted by Crippen LogP contribution is -2.48. The largest absolute Gasteiger partial charge is 0.392 e. The van der Waals surface area contributed by atoms with Crippen LogP contribution in [-0.2, 0) is 25.6 Å². The van der Waals surface area contributed by atoms with Gasteiger partial charge in [0.1, 0.15) is 5.56 Å². The summed E-state index contributed by atoms with van der Waals surface area (Å²) in [5.41, 5.74) is 0.501. The van der Waals surface area contributed by atoms with Crippen LogP contribution in [0.4, 0.5) is 27.6 Å². The van der Waals surface area contributed by atoms with E-state index < -0.39 is 58.7 Å². The van der Waals surface area contributed by atoms with Gasteiger partial charge >= 0.3 is 0 Å². The molecule has 3 aliphatic rings. The number of aliphatic hydroxyl groups excluding tert-OH is 1. The van der Waals surface area contributed by atoms with Crippen molar-refractivity contribution in [1.29, 1.82) is 0 Å². The maximum absolute atomic E-state index is 14.2. The lowest BCUT2D eigenvalue weighted by molar-refractivity contribution is -0.255. The molecule has 0 aliphatic carbocycles. The molecule has 240 valence electrons.